The van der Waals surface area contributed by atoms with Gasteiger partial charge in [0, 0.05) is 11.6 Å². The highest BCUT2D eigenvalue weighted by Gasteiger charge is 2.14. The minimum atomic E-state index is -0.413. The van der Waals surface area contributed by atoms with Crippen LogP contribution in [0.15, 0.2) is 30.9 Å². The van der Waals surface area contributed by atoms with Crippen LogP contribution in [0.25, 0.3) is 0 Å². The van der Waals surface area contributed by atoms with Crippen molar-refractivity contribution < 1.29 is 8.78 Å². The molecule has 0 aliphatic heterocycles. The average molecular weight is 225 g/mol. The summed E-state index contributed by atoms with van der Waals surface area (Å²) in [6, 6.07) is 3.33. The standard InChI is InChI=1S/C13H17F2N/c1-3-5-13(16-8-4-2)11-9-10(14)6-7-12(11)15/h3,6-7,9,13,16H,1,4-5,8H2,2H3. The summed E-state index contributed by atoms with van der Waals surface area (Å²) in [5.74, 6) is -0.791. The van der Waals surface area contributed by atoms with Crippen LogP contribution < -0.4 is 5.32 Å². The Hall–Kier alpha value is -1.22. The third-order valence-electron chi connectivity index (χ3n) is 2.38. The first-order chi connectivity index (χ1) is 7.69. The van der Waals surface area contributed by atoms with Gasteiger partial charge in [0.2, 0.25) is 0 Å². The molecule has 0 bridgehead atoms. The van der Waals surface area contributed by atoms with Crippen molar-refractivity contribution in [1.29, 1.82) is 0 Å². The quantitative estimate of drug-likeness (QED) is 0.730. The molecule has 0 spiro atoms. The molecule has 1 atom stereocenters. The van der Waals surface area contributed by atoms with Crippen molar-refractivity contribution in [3.8, 4) is 0 Å². The van der Waals surface area contributed by atoms with E-state index in [9.17, 15) is 8.78 Å². The Bertz CT molecular complexity index is 350. The third kappa shape index (κ3) is 3.42. The van der Waals surface area contributed by atoms with Gasteiger partial charge in [0.05, 0.1) is 0 Å². The Morgan fingerprint density at radius 2 is 2.19 bits per heavy atom. The Morgan fingerprint density at radius 1 is 1.44 bits per heavy atom. The van der Waals surface area contributed by atoms with Crippen LogP contribution in [-0.2, 0) is 0 Å². The smallest absolute Gasteiger partial charge is 0.128 e. The molecule has 0 radical (unpaired) electrons. The molecule has 1 N–H and O–H groups in total. The minimum absolute atomic E-state index is 0.201. The van der Waals surface area contributed by atoms with Gasteiger partial charge < -0.3 is 5.32 Å². The molecule has 0 aliphatic carbocycles. The van der Waals surface area contributed by atoms with Gasteiger partial charge in [0.15, 0.2) is 0 Å². The molecule has 0 saturated carbocycles. The molecular formula is C13H17F2N. The summed E-state index contributed by atoms with van der Waals surface area (Å²) >= 11 is 0. The predicted octanol–water partition coefficient (Wildman–Crippen LogP) is 3.58. The fraction of sp³-hybridized carbons (Fsp3) is 0.385. The summed E-state index contributed by atoms with van der Waals surface area (Å²) in [6.07, 6.45) is 3.24. The molecule has 0 amide bonds. The Balaban J connectivity index is 2.90. The van der Waals surface area contributed by atoms with Crippen molar-refractivity contribution in [2.75, 3.05) is 6.54 Å². The van der Waals surface area contributed by atoms with Crippen LogP contribution in [0.4, 0.5) is 8.78 Å². The fourth-order valence-corrected chi connectivity index (χ4v) is 1.59. The molecular weight excluding hydrogens is 208 g/mol. The maximum atomic E-state index is 13.5. The number of hydrogen-bond acceptors (Lipinski definition) is 1. The van der Waals surface area contributed by atoms with Gasteiger partial charge in [0.25, 0.3) is 0 Å². The van der Waals surface area contributed by atoms with Crippen molar-refractivity contribution >= 4 is 0 Å². The Kier molecular flexibility index (Phi) is 5.12. The molecule has 0 heterocycles. The van der Waals surface area contributed by atoms with E-state index in [2.05, 4.69) is 11.9 Å². The Morgan fingerprint density at radius 3 is 2.81 bits per heavy atom. The second-order valence-electron chi connectivity index (χ2n) is 3.70. The van der Waals surface area contributed by atoms with Crippen LogP contribution in [0.1, 0.15) is 31.4 Å². The molecule has 1 aromatic rings. The summed E-state index contributed by atoms with van der Waals surface area (Å²) in [5.41, 5.74) is 0.369. The monoisotopic (exact) mass is 225 g/mol. The van der Waals surface area contributed by atoms with E-state index in [0.29, 0.717) is 12.0 Å². The highest BCUT2D eigenvalue weighted by molar-refractivity contribution is 5.23. The van der Waals surface area contributed by atoms with E-state index in [0.717, 1.165) is 25.1 Å². The SMILES string of the molecule is C=CCC(NCCC)c1cc(F)ccc1F. The second kappa shape index (κ2) is 6.38. The van der Waals surface area contributed by atoms with E-state index in [4.69, 9.17) is 0 Å². The van der Waals surface area contributed by atoms with Crippen molar-refractivity contribution in [3.63, 3.8) is 0 Å². The number of rotatable bonds is 6. The molecule has 1 aromatic carbocycles. The molecule has 0 aliphatic rings. The molecule has 1 nitrogen and oxygen atoms in total. The summed E-state index contributed by atoms with van der Waals surface area (Å²) in [7, 11) is 0. The zero-order valence-electron chi connectivity index (χ0n) is 9.47. The molecule has 88 valence electrons. The Labute approximate surface area is 95.2 Å². The van der Waals surface area contributed by atoms with Crippen molar-refractivity contribution in [3.05, 3.63) is 48.1 Å². The average Bonchev–Trinajstić information content (AvgIpc) is 2.28. The first kappa shape index (κ1) is 12.8. The van der Waals surface area contributed by atoms with Crippen LogP contribution in [0.3, 0.4) is 0 Å². The van der Waals surface area contributed by atoms with Gasteiger partial charge in [-0.05, 0) is 37.6 Å². The molecule has 0 aromatic heterocycles. The first-order valence-electron chi connectivity index (χ1n) is 5.48. The fourth-order valence-electron chi connectivity index (χ4n) is 1.59. The lowest BCUT2D eigenvalue weighted by Crippen LogP contribution is -2.22. The van der Waals surface area contributed by atoms with Gasteiger partial charge in [-0.25, -0.2) is 8.78 Å². The summed E-state index contributed by atoms with van der Waals surface area (Å²) in [5, 5.41) is 3.18. The molecule has 0 fully saturated rings. The molecule has 1 unspecified atom stereocenters. The van der Waals surface area contributed by atoms with Crippen LogP contribution in [0.5, 0.6) is 0 Å². The van der Waals surface area contributed by atoms with Gasteiger partial charge in [-0.1, -0.05) is 13.0 Å². The van der Waals surface area contributed by atoms with E-state index in [1.54, 1.807) is 6.08 Å². The van der Waals surface area contributed by atoms with E-state index in [-0.39, 0.29) is 11.9 Å². The zero-order valence-corrected chi connectivity index (χ0v) is 9.47. The van der Waals surface area contributed by atoms with E-state index in [1.807, 2.05) is 6.92 Å². The molecule has 16 heavy (non-hydrogen) atoms. The highest BCUT2D eigenvalue weighted by atomic mass is 19.1. The topological polar surface area (TPSA) is 12.0 Å². The highest BCUT2D eigenvalue weighted by Crippen LogP contribution is 2.21. The van der Waals surface area contributed by atoms with Crippen LogP contribution in [0, 0.1) is 11.6 Å². The minimum Gasteiger partial charge on any atom is -0.310 e. The number of hydrogen-bond donors (Lipinski definition) is 1. The second-order valence-corrected chi connectivity index (χ2v) is 3.70. The zero-order chi connectivity index (χ0) is 12.0. The normalized spacial score (nSPS) is 12.4. The largest absolute Gasteiger partial charge is 0.310 e. The lowest BCUT2D eigenvalue weighted by Gasteiger charge is -2.18. The lowest BCUT2D eigenvalue weighted by molar-refractivity contribution is 0.496. The van der Waals surface area contributed by atoms with E-state index < -0.39 is 5.82 Å². The van der Waals surface area contributed by atoms with E-state index >= 15 is 0 Å². The summed E-state index contributed by atoms with van der Waals surface area (Å²) < 4.78 is 26.6. The lowest BCUT2D eigenvalue weighted by atomic mass is 10.0. The van der Waals surface area contributed by atoms with Crippen LogP contribution >= 0.6 is 0 Å². The third-order valence-corrected chi connectivity index (χ3v) is 2.38. The number of benzene rings is 1. The molecule has 1 rings (SSSR count). The van der Waals surface area contributed by atoms with Crippen molar-refractivity contribution in [2.45, 2.75) is 25.8 Å². The van der Waals surface area contributed by atoms with Crippen LogP contribution in [0.2, 0.25) is 0 Å². The molecule has 3 heteroatoms. The maximum Gasteiger partial charge on any atom is 0.128 e. The van der Waals surface area contributed by atoms with Gasteiger partial charge in [-0.3, -0.25) is 0 Å². The van der Waals surface area contributed by atoms with E-state index in [1.165, 1.54) is 6.07 Å². The number of halogens is 2. The summed E-state index contributed by atoms with van der Waals surface area (Å²) in [4.78, 5) is 0. The van der Waals surface area contributed by atoms with Gasteiger partial charge in [-0.2, -0.15) is 0 Å². The van der Waals surface area contributed by atoms with Gasteiger partial charge in [-0.15, -0.1) is 6.58 Å². The first-order valence-corrected chi connectivity index (χ1v) is 5.48. The number of nitrogens with one attached hydrogen (secondary N) is 1. The van der Waals surface area contributed by atoms with Gasteiger partial charge in [0.1, 0.15) is 11.6 Å². The summed E-state index contributed by atoms with van der Waals surface area (Å²) in [6.45, 7) is 6.43. The van der Waals surface area contributed by atoms with Crippen molar-refractivity contribution in [2.24, 2.45) is 0 Å². The predicted molar refractivity (Wildman–Crippen MR) is 62.2 cm³/mol. The maximum absolute atomic E-state index is 13.5. The van der Waals surface area contributed by atoms with Gasteiger partial charge >= 0.3 is 0 Å². The molecule has 0 saturated heterocycles. The van der Waals surface area contributed by atoms with Crippen LogP contribution in [-0.4, -0.2) is 6.54 Å². The van der Waals surface area contributed by atoms with Crippen molar-refractivity contribution in [1.82, 2.24) is 5.32 Å².